The van der Waals surface area contributed by atoms with Crippen LogP contribution in [0.25, 0.3) is 64.0 Å². The van der Waals surface area contributed by atoms with Gasteiger partial charge in [-0.2, -0.15) is 0 Å². The van der Waals surface area contributed by atoms with Crippen molar-refractivity contribution in [3.63, 3.8) is 0 Å². The van der Waals surface area contributed by atoms with Crippen molar-refractivity contribution < 1.29 is 4.42 Å². The van der Waals surface area contributed by atoms with Gasteiger partial charge in [0.25, 0.3) is 0 Å². The second-order valence-electron chi connectivity index (χ2n) is 10.9. The van der Waals surface area contributed by atoms with E-state index >= 15 is 0 Å². The number of para-hydroxylation sites is 2. The third-order valence-corrected chi connectivity index (χ3v) is 9.59. The van der Waals surface area contributed by atoms with Crippen molar-refractivity contribution in [3.05, 3.63) is 152 Å². The first-order valence-electron chi connectivity index (χ1n) is 14.5. The molecule has 202 valence electrons. The molecule has 0 saturated carbocycles. The molecule has 0 unspecified atom stereocenters. The zero-order valence-corrected chi connectivity index (χ0v) is 24.0. The molecule has 43 heavy (non-hydrogen) atoms. The summed E-state index contributed by atoms with van der Waals surface area (Å²) in [6.07, 6.45) is 0. The predicted molar refractivity (Wildman–Crippen MR) is 184 cm³/mol. The van der Waals surface area contributed by atoms with E-state index in [1.165, 1.54) is 31.3 Å². The summed E-state index contributed by atoms with van der Waals surface area (Å²) in [5, 5.41) is 7.12. The van der Waals surface area contributed by atoms with E-state index in [4.69, 9.17) is 4.42 Å². The number of furan rings is 1. The molecule has 9 aromatic rings. The van der Waals surface area contributed by atoms with Crippen LogP contribution in [0.2, 0.25) is 0 Å². The van der Waals surface area contributed by atoms with Crippen molar-refractivity contribution in [2.75, 3.05) is 4.90 Å². The summed E-state index contributed by atoms with van der Waals surface area (Å²) in [5.41, 5.74) is 7.50. The monoisotopic (exact) mass is 567 g/mol. The van der Waals surface area contributed by atoms with Crippen LogP contribution < -0.4 is 4.90 Å². The highest BCUT2D eigenvalue weighted by atomic mass is 32.1. The minimum atomic E-state index is 0.905. The minimum absolute atomic E-state index is 0.905. The highest BCUT2D eigenvalue weighted by Crippen LogP contribution is 2.47. The van der Waals surface area contributed by atoms with E-state index in [1.54, 1.807) is 0 Å². The average molecular weight is 568 g/mol. The van der Waals surface area contributed by atoms with E-state index in [0.717, 1.165) is 49.8 Å². The summed E-state index contributed by atoms with van der Waals surface area (Å²) in [6, 6.07) is 54.2. The second-order valence-corrected chi connectivity index (χ2v) is 12.0. The first-order chi connectivity index (χ1) is 21.3. The Hall–Kier alpha value is -5.38. The van der Waals surface area contributed by atoms with Crippen molar-refractivity contribution in [2.24, 2.45) is 0 Å². The van der Waals surface area contributed by atoms with Crippen LogP contribution >= 0.6 is 11.3 Å². The fourth-order valence-corrected chi connectivity index (χ4v) is 7.65. The lowest BCUT2D eigenvalue weighted by Gasteiger charge is -2.29. The smallest absolute Gasteiger partial charge is 0.145 e. The van der Waals surface area contributed by atoms with E-state index in [-0.39, 0.29) is 0 Å². The van der Waals surface area contributed by atoms with Gasteiger partial charge in [0.2, 0.25) is 0 Å². The predicted octanol–water partition coefficient (Wildman–Crippen LogP) is 12.2. The molecule has 0 bridgehead atoms. The van der Waals surface area contributed by atoms with Crippen molar-refractivity contribution >= 4 is 81.3 Å². The first kappa shape index (κ1) is 24.2. The highest BCUT2D eigenvalue weighted by molar-refractivity contribution is 7.25. The van der Waals surface area contributed by atoms with E-state index in [1.807, 2.05) is 17.4 Å². The van der Waals surface area contributed by atoms with Crippen molar-refractivity contribution in [3.8, 4) is 11.1 Å². The van der Waals surface area contributed by atoms with Crippen LogP contribution in [-0.2, 0) is 0 Å². The largest absolute Gasteiger partial charge is 0.455 e. The highest BCUT2D eigenvalue weighted by Gasteiger charge is 2.22. The molecule has 0 N–H and O–H groups in total. The minimum Gasteiger partial charge on any atom is -0.455 e. The number of nitrogens with zero attached hydrogens (tertiary/aromatic N) is 1. The standard InChI is InChI=1S/C40H25NOS/c1-2-11-26(12-3-1)29-14-4-7-17-34(29)41(28-22-24-32-31-16-6-9-20-37(31)43-38(32)25-28)35-18-10-13-27-21-23-33-30-15-5-8-19-36(30)42-40(33)39(27)35/h1-25H. The molecular formula is C40H25NOS. The quantitative estimate of drug-likeness (QED) is 0.210. The lowest BCUT2D eigenvalue weighted by Crippen LogP contribution is -2.11. The SMILES string of the molecule is c1ccc(-c2ccccc2N(c2ccc3c(c2)sc2ccccc23)c2cccc3ccc4c5ccccc5oc4c23)cc1. The Labute approximate surface area is 252 Å². The van der Waals surface area contributed by atoms with Gasteiger partial charge in [-0.05, 0) is 53.4 Å². The molecule has 0 atom stereocenters. The van der Waals surface area contributed by atoms with Gasteiger partial charge in [-0.3, -0.25) is 0 Å². The van der Waals surface area contributed by atoms with Gasteiger partial charge in [-0.25, -0.2) is 0 Å². The summed E-state index contributed by atoms with van der Waals surface area (Å²) in [4.78, 5) is 2.42. The summed E-state index contributed by atoms with van der Waals surface area (Å²) >= 11 is 1.85. The van der Waals surface area contributed by atoms with Crippen LogP contribution in [0.1, 0.15) is 0 Å². The molecule has 0 saturated heterocycles. The lowest BCUT2D eigenvalue weighted by atomic mass is 9.99. The number of anilines is 3. The van der Waals surface area contributed by atoms with E-state index in [0.29, 0.717) is 0 Å². The molecule has 0 fully saturated rings. The molecule has 9 rings (SSSR count). The summed E-state index contributed by atoms with van der Waals surface area (Å²) in [5.74, 6) is 0. The van der Waals surface area contributed by atoms with Gasteiger partial charge in [0.1, 0.15) is 11.2 Å². The molecule has 0 amide bonds. The zero-order valence-electron chi connectivity index (χ0n) is 23.2. The Morgan fingerprint density at radius 3 is 2.14 bits per heavy atom. The maximum Gasteiger partial charge on any atom is 0.145 e. The van der Waals surface area contributed by atoms with Crippen molar-refractivity contribution in [2.45, 2.75) is 0 Å². The molecule has 0 spiro atoms. The fraction of sp³-hybridized carbons (Fsp3) is 0. The van der Waals surface area contributed by atoms with E-state index in [2.05, 4.69) is 150 Å². The van der Waals surface area contributed by atoms with Gasteiger partial charge in [-0.1, -0.05) is 109 Å². The maximum absolute atomic E-state index is 6.63. The normalized spacial score (nSPS) is 11.7. The van der Waals surface area contributed by atoms with Gasteiger partial charge in [0.05, 0.1) is 11.4 Å². The molecule has 3 heteroatoms. The maximum atomic E-state index is 6.63. The Kier molecular flexibility index (Phi) is 5.40. The molecule has 0 aliphatic rings. The van der Waals surface area contributed by atoms with Gasteiger partial charge >= 0.3 is 0 Å². The Morgan fingerprint density at radius 2 is 1.21 bits per heavy atom. The van der Waals surface area contributed by atoms with Crippen molar-refractivity contribution in [1.82, 2.24) is 0 Å². The first-order valence-corrected chi connectivity index (χ1v) is 15.3. The molecule has 0 aliphatic carbocycles. The molecule has 7 aromatic carbocycles. The molecule has 2 heterocycles. The molecule has 0 radical (unpaired) electrons. The topological polar surface area (TPSA) is 16.4 Å². The van der Waals surface area contributed by atoms with Crippen molar-refractivity contribution in [1.29, 1.82) is 0 Å². The fourth-order valence-electron chi connectivity index (χ4n) is 6.51. The van der Waals surface area contributed by atoms with Gasteiger partial charge in [0.15, 0.2) is 0 Å². The molecule has 2 nitrogen and oxygen atoms in total. The van der Waals surface area contributed by atoms with Crippen LogP contribution in [0, 0.1) is 0 Å². The molecule has 2 aromatic heterocycles. The number of fused-ring (bicyclic) bond motifs is 8. The van der Waals surface area contributed by atoms with Gasteiger partial charge in [-0.15, -0.1) is 11.3 Å². The third kappa shape index (κ3) is 3.79. The third-order valence-electron chi connectivity index (χ3n) is 8.46. The van der Waals surface area contributed by atoms with Crippen LogP contribution in [0.5, 0.6) is 0 Å². The Balaban J connectivity index is 1.38. The van der Waals surface area contributed by atoms with Crippen LogP contribution in [0.15, 0.2) is 156 Å². The van der Waals surface area contributed by atoms with E-state index < -0.39 is 0 Å². The number of hydrogen-bond donors (Lipinski definition) is 0. The summed E-state index contributed by atoms with van der Waals surface area (Å²) < 4.78 is 9.21. The second kappa shape index (κ2) is 9.59. The van der Waals surface area contributed by atoms with Crippen LogP contribution in [0.4, 0.5) is 17.1 Å². The Bertz CT molecular complexity index is 2470. The Morgan fingerprint density at radius 1 is 0.488 bits per heavy atom. The van der Waals surface area contributed by atoms with Gasteiger partial charge < -0.3 is 9.32 Å². The van der Waals surface area contributed by atoms with E-state index in [9.17, 15) is 0 Å². The van der Waals surface area contributed by atoms with Crippen LogP contribution in [-0.4, -0.2) is 0 Å². The number of benzene rings is 7. The van der Waals surface area contributed by atoms with Gasteiger partial charge in [0, 0.05) is 47.6 Å². The summed E-state index contributed by atoms with van der Waals surface area (Å²) in [6.45, 7) is 0. The summed E-state index contributed by atoms with van der Waals surface area (Å²) in [7, 11) is 0. The number of hydrogen-bond acceptors (Lipinski definition) is 3. The number of rotatable bonds is 4. The number of thiophene rings is 1. The van der Waals surface area contributed by atoms with Crippen LogP contribution in [0.3, 0.4) is 0 Å². The molecule has 0 aliphatic heterocycles. The lowest BCUT2D eigenvalue weighted by molar-refractivity contribution is 0.672. The molecular weight excluding hydrogens is 543 g/mol. The zero-order chi connectivity index (χ0) is 28.3. The average Bonchev–Trinajstić information content (AvgIpc) is 3.64.